The quantitative estimate of drug-likeness (QED) is 0.371. The van der Waals surface area contributed by atoms with E-state index in [0.29, 0.717) is 5.57 Å². The number of aryl methyl sites for hydroxylation is 2. The van der Waals surface area contributed by atoms with Crippen LogP contribution < -0.4 is 0 Å². The smallest absolute Gasteiger partial charge is 0.246 e. The summed E-state index contributed by atoms with van der Waals surface area (Å²) in [6.07, 6.45) is 6.85. The number of aliphatic imine (C=N–C) groups is 1. The van der Waals surface area contributed by atoms with Gasteiger partial charge in [0.25, 0.3) is 0 Å². The van der Waals surface area contributed by atoms with Crippen LogP contribution in [0.25, 0.3) is 5.57 Å². The maximum Gasteiger partial charge on any atom is 0.246 e. The molecule has 1 aliphatic rings. The third kappa shape index (κ3) is 4.43. The first-order valence-corrected chi connectivity index (χ1v) is 9.00. The van der Waals surface area contributed by atoms with Gasteiger partial charge in [-0.1, -0.05) is 31.9 Å². The lowest BCUT2D eigenvalue weighted by Gasteiger charge is -2.31. The number of likely N-dealkylation sites (tertiary alicyclic amines) is 1. The van der Waals surface area contributed by atoms with Crippen LogP contribution in [-0.2, 0) is 11.2 Å². The minimum Gasteiger partial charge on any atom is -0.358 e. The van der Waals surface area contributed by atoms with Crippen molar-refractivity contribution in [1.29, 1.82) is 0 Å². The number of carbonyl (C=O) groups excluding carboxylic acids is 1. The summed E-state index contributed by atoms with van der Waals surface area (Å²) in [6.45, 7) is 16.2. The number of hydrogen-bond donors (Lipinski definition) is 1. The van der Waals surface area contributed by atoms with Crippen molar-refractivity contribution in [2.75, 3.05) is 6.54 Å². The lowest BCUT2D eigenvalue weighted by Crippen LogP contribution is -2.42. The van der Waals surface area contributed by atoms with Crippen molar-refractivity contribution < 1.29 is 4.79 Å². The zero-order valence-corrected chi connectivity index (χ0v) is 15.8. The third-order valence-corrected chi connectivity index (χ3v) is 4.68. The Morgan fingerprint density at radius 2 is 2.27 bits per heavy atom. The van der Waals surface area contributed by atoms with Crippen LogP contribution in [0.4, 0.5) is 0 Å². The van der Waals surface area contributed by atoms with E-state index in [4.69, 9.17) is 0 Å². The lowest BCUT2D eigenvalue weighted by atomic mass is 10.0. The monoisotopic (exact) mass is 349 g/mol. The fourth-order valence-corrected chi connectivity index (χ4v) is 3.18. The summed E-state index contributed by atoms with van der Waals surface area (Å²) in [5.41, 5.74) is 4.82. The molecule has 1 aromatic rings. The molecule has 0 bridgehead atoms. The molecule has 1 N–H and O–H groups in total. The van der Waals surface area contributed by atoms with E-state index in [1.807, 2.05) is 0 Å². The van der Waals surface area contributed by atoms with Crippen LogP contribution in [0.1, 0.15) is 43.1 Å². The fraction of sp³-hybridized carbons (Fsp3) is 0.364. The molecule has 1 aliphatic heterocycles. The molecule has 2 rings (SSSR count). The Hall–Kier alpha value is -2.80. The molecule has 1 aromatic heterocycles. The predicted molar refractivity (Wildman–Crippen MR) is 109 cm³/mol. The van der Waals surface area contributed by atoms with Crippen molar-refractivity contribution >= 4 is 18.2 Å². The molecule has 26 heavy (non-hydrogen) atoms. The Labute approximate surface area is 156 Å². The van der Waals surface area contributed by atoms with Crippen LogP contribution in [0.15, 0.2) is 42.1 Å². The standard InChI is InChI=1S/C22H27N3O/c1-6-20-16(3)14-21(24-20)17(4)18(15-23-5)11-12-19-10-8-9-13-25(19)22(26)7-2/h7,14-15,19,24H,2,4-6,8-10,13H2,1,3H3/b18-15-. The first-order valence-electron chi connectivity index (χ1n) is 9.00. The number of nitrogens with zero attached hydrogens (tertiary/aromatic N) is 2. The van der Waals surface area contributed by atoms with Gasteiger partial charge >= 0.3 is 0 Å². The molecule has 0 spiro atoms. The summed E-state index contributed by atoms with van der Waals surface area (Å²) in [7, 11) is 0. The number of aromatic amines is 1. The second-order valence-electron chi connectivity index (χ2n) is 6.42. The van der Waals surface area contributed by atoms with Crippen molar-refractivity contribution in [3.63, 3.8) is 0 Å². The van der Waals surface area contributed by atoms with Gasteiger partial charge in [0.15, 0.2) is 0 Å². The van der Waals surface area contributed by atoms with Gasteiger partial charge in [-0.15, -0.1) is 0 Å². The summed E-state index contributed by atoms with van der Waals surface area (Å²) in [5, 5.41) is 0. The SMILES string of the molecule is C=CC(=O)N1CCCCC1C#C/C(=C/N=C)C(=C)c1cc(C)c(CC)[nH]1. The highest BCUT2D eigenvalue weighted by molar-refractivity contribution is 5.87. The second kappa shape index (κ2) is 9.05. The van der Waals surface area contributed by atoms with Crippen molar-refractivity contribution in [3.05, 3.63) is 54.0 Å². The van der Waals surface area contributed by atoms with Gasteiger partial charge in [-0.05, 0) is 57.0 Å². The van der Waals surface area contributed by atoms with E-state index in [9.17, 15) is 4.79 Å². The molecule has 1 saturated heterocycles. The number of hydrogen-bond acceptors (Lipinski definition) is 2. The average Bonchev–Trinajstić information content (AvgIpc) is 3.05. The van der Waals surface area contributed by atoms with Gasteiger partial charge in [-0.25, -0.2) is 0 Å². The minimum absolute atomic E-state index is 0.0669. The summed E-state index contributed by atoms with van der Waals surface area (Å²) in [4.78, 5) is 21.1. The van der Waals surface area contributed by atoms with Crippen LogP contribution in [0.2, 0.25) is 0 Å². The number of allylic oxidation sites excluding steroid dienone is 2. The van der Waals surface area contributed by atoms with Gasteiger partial charge in [-0.3, -0.25) is 9.79 Å². The molecule has 2 heterocycles. The number of amides is 1. The number of carbonyl (C=O) groups is 1. The van der Waals surface area contributed by atoms with Gasteiger partial charge < -0.3 is 9.88 Å². The van der Waals surface area contributed by atoms with Crippen LogP contribution in [0.3, 0.4) is 0 Å². The zero-order valence-electron chi connectivity index (χ0n) is 15.8. The van der Waals surface area contributed by atoms with Crippen molar-refractivity contribution in [3.8, 4) is 11.8 Å². The molecule has 0 saturated carbocycles. The van der Waals surface area contributed by atoms with Crippen molar-refractivity contribution in [1.82, 2.24) is 9.88 Å². The summed E-state index contributed by atoms with van der Waals surface area (Å²) < 4.78 is 0. The first-order chi connectivity index (χ1) is 12.5. The molecule has 136 valence electrons. The highest BCUT2D eigenvalue weighted by atomic mass is 16.2. The highest BCUT2D eigenvalue weighted by Gasteiger charge is 2.23. The molecule has 1 unspecified atom stereocenters. The Morgan fingerprint density at radius 1 is 1.50 bits per heavy atom. The zero-order chi connectivity index (χ0) is 19.1. The van der Waals surface area contributed by atoms with Crippen LogP contribution >= 0.6 is 0 Å². The Bertz CT molecular complexity index is 801. The minimum atomic E-state index is -0.105. The molecule has 1 atom stereocenters. The van der Waals surface area contributed by atoms with Crippen molar-refractivity contribution in [2.24, 2.45) is 4.99 Å². The van der Waals surface area contributed by atoms with Gasteiger partial charge in [0.05, 0.1) is 11.6 Å². The number of rotatable bonds is 5. The molecular weight excluding hydrogens is 322 g/mol. The van der Waals surface area contributed by atoms with E-state index < -0.39 is 0 Å². The van der Waals surface area contributed by atoms with Gasteiger partial charge in [-0.2, -0.15) is 0 Å². The molecule has 0 aliphatic carbocycles. The van der Waals surface area contributed by atoms with E-state index in [0.717, 1.165) is 43.5 Å². The van der Waals surface area contributed by atoms with Gasteiger partial charge in [0, 0.05) is 29.7 Å². The number of H-pyrrole nitrogens is 1. The number of piperidine rings is 1. The molecule has 0 radical (unpaired) electrons. The van der Waals surface area contributed by atoms with E-state index in [-0.39, 0.29) is 11.9 Å². The molecule has 1 amide bonds. The normalized spacial score (nSPS) is 17.2. The van der Waals surface area contributed by atoms with E-state index in [1.165, 1.54) is 17.3 Å². The fourth-order valence-electron chi connectivity index (χ4n) is 3.18. The average molecular weight is 349 g/mol. The molecular formula is C22H27N3O. The van der Waals surface area contributed by atoms with Gasteiger partial charge in [0.1, 0.15) is 0 Å². The van der Waals surface area contributed by atoms with Gasteiger partial charge in [0.2, 0.25) is 5.91 Å². The topological polar surface area (TPSA) is 48.5 Å². The first kappa shape index (κ1) is 19.5. The second-order valence-corrected chi connectivity index (χ2v) is 6.42. The maximum absolute atomic E-state index is 12.1. The Balaban J connectivity index is 2.28. The summed E-state index contributed by atoms with van der Waals surface area (Å²) in [6, 6.07) is 1.97. The Morgan fingerprint density at radius 3 is 2.88 bits per heavy atom. The van der Waals surface area contributed by atoms with Crippen LogP contribution in [0.5, 0.6) is 0 Å². The molecule has 4 heteroatoms. The van der Waals surface area contributed by atoms with Crippen LogP contribution in [0, 0.1) is 18.8 Å². The Kier molecular flexibility index (Phi) is 6.80. The number of aromatic nitrogens is 1. The molecule has 4 nitrogen and oxygen atoms in total. The molecule has 0 aromatic carbocycles. The highest BCUT2D eigenvalue weighted by Crippen LogP contribution is 2.24. The maximum atomic E-state index is 12.1. The van der Waals surface area contributed by atoms with E-state index in [2.05, 4.69) is 61.6 Å². The predicted octanol–water partition coefficient (Wildman–Crippen LogP) is 4.05. The van der Waals surface area contributed by atoms with Crippen molar-refractivity contribution in [2.45, 2.75) is 45.6 Å². The lowest BCUT2D eigenvalue weighted by molar-refractivity contribution is -0.128. The number of nitrogens with one attached hydrogen (secondary N) is 1. The third-order valence-electron chi connectivity index (χ3n) is 4.68. The molecule has 1 fully saturated rings. The van der Waals surface area contributed by atoms with E-state index >= 15 is 0 Å². The summed E-state index contributed by atoms with van der Waals surface area (Å²) >= 11 is 0. The summed E-state index contributed by atoms with van der Waals surface area (Å²) in [5.74, 6) is 6.34. The van der Waals surface area contributed by atoms with E-state index in [1.54, 1.807) is 11.1 Å². The largest absolute Gasteiger partial charge is 0.358 e. The van der Waals surface area contributed by atoms with Crippen LogP contribution in [-0.4, -0.2) is 35.1 Å².